The third-order valence-electron chi connectivity index (χ3n) is 4.03. The van der Waals surface area contributed by atoms with Crippen molar-refractivity contribution < 1.29 is 17.9 Å². The molecule has 31 heavy (non-hydrogen) atoms. The van der Waals surface area contributed by atoms with Gasteiger partial charge in [0.2, 0.25) is 5.13 Å². The zero-order valence-corrected chi connectivity index (χ0v) is 17.5. The first-order chi connectivity index (χ1) is 14.8. The van der Waals surface area contributed by atoms with Crippen LogP contribution in [0.3, 0.4) is 0 Å². The smallest absolute Gasteiger partial charge is 0.406 e. The molecule has 1 N–H and O–H groups in total. The van der Waals surface area contributed by atoms with Crippen LogP contribution in [-0.4, -0.2) is 25.9 Å². The Bertz CT molecular complexity index is 1270. The van der Waals surface area contributed by atoms with E-state index in [1.807, 2.05) is 13.0 Å². The number of anilines is 2. The standard InChI is InChI=1S/C19H14F3N5O2S2/c1-11-3-2-8-27-15(28)9-13(23-16(11)27)10-30-18-26-25-17(31-18)24-12-4-6-14(7-5-12)29-19(20,21)22/h2-9H,10H2,1H3,(H,24,25). The first-order valence-electron chi connectivity index (χ1n) is 8.84. The zero-order chi connectivity index (χ0) is 22.0. The molecule has 0 radical (unpaired) electrons. The van der Waals surface area contributed by atoms with Gasteiger partial charge in [0.05, 0.1) is 5.69 Å². The quantitative estimate of drug-likeness (QED) is 0.410. The number of benzene rings is 1. The number of alkyl halides is 3. The molecule has 0 amide bonds. The number of aromatic nitrogens is 4. The Morgan fingerprint density at radius 2 is 1.97 bits per heavy atom. The summed E-state index contributed by atoms with van der Waals surface area (Å²) < 4.78 is 42.7. The van der Waals surface area contributed by atoms with Gasteiger partial charge in [0.25, 0.3) is 5.56 Å². The van der Waals surface area contributed by atoms with E-state index in [9.17, 15) is 18.0 Å². The third-order valence-corrected chi connectivity index (χ3v) is 6.03. The lowest BCUT2D eigenvalue weighted by atomic mass is 10.3. The van der Waals surface area contributed by atoms with Crippen LogP contribution in [0, 0.1) is 6.92 Å². The van der Waals surface area contributed by atoms with Gasteiger partial charge < -0.3 is 10.1 Å². The van der Waals surface area contributed by atoms with Crippen LogP contribution in [0.4, 0.5) is 24.0 Å². The highest BCUT2D eigenvalue weighted by atomic mass is 32.2. The number of rotatable bonds is 6. The number of fused-ring (bicyclic) bond motifs is 1. The van der Waals surface area contributed by atoms with E-state index in [1.54, 1.807) is 12.3 Å². The van der Waals surface area contributed by atoms with E-state index in [1.165, 1.54) is 57.8 Å². The fourth-order valence-corrected chi connectivity index (χ4v) is 4.37. The number of thioether (sulfide) groups is 1. The Balaban J connectivity index is 1.40. The van der Waals surface area contributed by atoms with Crippen molar-refractivity contribution >= 4 is 39.6 Å². The summed E-state index contributed by atoms with van der Waals surface area (Å²) in [7, 11) is 0. The molecule has 0 saturated heterocycles. The second-order valence-corrected chi connectivity index (χ2v) is 8.53. The van der Waals surface area contributed by atoms with E-state index in [0.29, 0.717) is 32.3 Å². The average Bonchev–Trinajstić information content (AvgIpc) is 3.15. The molecule has 0 saturated carbocycles. The first-order valence-corrected chi connectivity index (χ1v) is 10.6. The number of hydrogen-bond donors (Lipinski definition) is 1. The van der Waals surface area contributed by atoms with E-state index in [4.69, 9.17) is 0 Å². The maximum Gasteiger partial charge on any atom is 0.573 e. The van der Waals surface area contributed by atoms with Crippen molar-refractivity contribution in [3.8, 4) is 5.75 Å². The number of nitrogens with zero attached hydrogens (tertiary/aromatic N) is 4. The van der Waals surface area contributed by atoms with Crippen LogP contribution in [0.2, 0.25) is 0 Å². The maximum absolute atomic E-state index is 12.3. The highest BCUT2D eigenvalue weighted by Crippen LogP contribution is 2.30. The number of hydrogen-bond acceptors (Lipinski definition) is 8. The zero-order valence-electron chi connectivity index (χ0n) is 15.9. The predicted molar refractivity (Wildman–Crippen MR) is 112 cm³/mol. The SMILES string of the molecule is Cc1cccn2c(=O)cc(CSc3nnc(Nc4ccc(OC(F)(F)F)cc4)s3)nc12. The van der Waals surface area contributed by atoms with Crippen molar-refractivity contribution in [2.45, 2.75) is 23.4 Å². The minimum atomic E-state index is -4.73. The van der Waals surface area contributed by atoms with Gasteiger partial charge in [0.1, 0.15) is 11.4 Å². The molecule has 3 heterocycles. The number of ether oxygens (including phenoxy) is 1. The van der Waals surface area contributed by atoms with E-state index in [2.05, 4.69) is 25.2 Å². The summed E-state index contributed by atoms with van der Waals surface area (Å²) in [6.45, 7) is 1.89. The van der Waals surface area contributed by atoms with Crippen LogP contribution in [0.5, 0.6) is 5.75 Å². The topological polar surface area (TPSA) is 81.4 Å². The van der Waals surface area contributed by atoms with Crippen molar-refractivity contribution in [1.29, 1.82) is 0 Å². The van der Waals surface area contributed by atoms with Crippen molar-refractivity contribution in [1.82, 2.24) is 19.6 Å². The Kier molecular flexibility index (Phi) is 5.83. The van der Waals surface area contributed by atoms with Crippen LogP contribution in [0.15, 0.2) is 57.8 Å². The van der Waals surface area contributed by atoms with Crippen LogP contribution in [0.1, 0.15) is 11.3 Å². The van der Waals surface area contributed by atoms with Gasteiger partial charge in [-0.2, -0.15) is 0 Å². The average molecular weight is 465 g/mol. The normalized spacial score (nSPS) is 11.6. The molecular weight excluding hydrogens is 451 g/mol. The van der Waals surface area contributed by atoms with Crippen LogP contribution < -0.4 is 15.6 Å². The molecule has 4 rings (SSSR count). The van der Waals surface area contributed by atoms with Crippen molar-refractivity contribution in [3.63, 3.8) is 0 Å². The predicted octanol–water partition coefficient (Wildman–Crippen LogP) is 4.79. The molecule has 0 fully saturated rings. The second kappa shape index (κ2) is 8.55. The lowest BCUT2D eigenvalue weighted by molar-refractivity contribution is -0.274. The Morgan fingerprint density at radius 1 is 1.19 bits per heavy atom. The maximum atomic E-state index is 12.3. The summed E-state index contributed by atoms with van der Waals surface area (Å²) in [6, 6.07) is 10.5. The molecule has 12 heteroatoms. The van der Waals surface area contributed by atoms with Gasteiger partial charge in [-0.15, -0.1) is 23.4 Å². The molecule has 1 aromatic carbocycles. The second-order valence-electron chi connectivity index (χ2n) is 6.33. The molecule has 7 nitrogen and oxygen atoms in total. The van der Waals surface area contributed by atoms with Crippen molar-refractivity contribution in [2.24, 2.45) is 0 Å². The highest BCUT2D eigenvalue weighted by Gasteiger charge is 2.30. The summed E-state index contributed by atoms with van der Waals surface area (Å²) in [4.78, 5) is 16.8. The van der Waals surface area contributed by atoms with E-state index >= 15 is 0 Å². The van der Waals surface area contributed by atoms with Gasteiger partial charge in [0.15, 0.2) is 4.34 Å². The van der Waals surface area contributed by atoms with Gasteiger partial charge >= 0.3 is 6.36 Å². The van der Waals surface area contributed by atoms with Crippen LogP contribution in [-0.2, 0) is 5.75 Å². The van der Waals surface area contributed by atoms with Crippen molar-refractivity contribution in [2.75, 3.05) is 5.32 Å². The fraction of sp³-hybridized carbons (Fsp3) is 0.158. The summed E-state index contributed by atoms with van der Waals surface area (Å²) in [5, 5.41) is 11.6. The Labute approximate surface area is 181 Å². The molecule has 0 aliphatic rings. The lowest BCUT2D eigenvalue weighted by Crippen LogP contribution is -2.16. The van der Waals surface area contributed by atoms with Gasteiger partial charge in [0, 0.05) is 23.7 Å². The lowest BCUT2D eigenvalue weighted by Gasteiger charge is -2.09. The minimum Gasteiger partial charge on any atom is -0.406 e. The molecule has 0 spiro atoms. The molecule has 0 aliphatic heterocycles. The van der Waals surface area contributed by atoms with Crippen LogP contribution >= 0.6 is 23.1 Å². The molecule has 0 unspecified atom stereocenters. The number of halogens is 3. The van der Waals surface area contributed by atoms with E-state index in [-0.39, 0.29) is 11.3 Å². The molecule has 160 valence electrons. The van der Waals surface area contributed by atoms with Gasteiger partial charge in [-0.05, 0) is 42.8 Å². The minimum absolute atomic E-state index is 0.151. The van der Waals surface area contributed by atoms with E-state index < -0.39 is 6.36 Å². The van der Waals surface area contributed by atoms with Gasteiger partial charge in [-0.25, -0.2) is 4.98 Å². The number of nitrogens with one attached hydrogen (secondary N) is 1. The summed E-state index contributed by atoms with van der Waals surface area (Å²) in [5.74, 6) is 0.138. The highest BCUT2D eigenvalue weighted by molar-refractivity contribution is 8.00. The third kappa shape index (κ3) is 5.33. The molecule has 0 bridgehead atoms. The monoisotopic (exact) mass is 465 g/mol. The largest absolute Gasteiger partial charge is 0.573 e. The fourth-order valence-electron chi connectivity index (χ4n) is 2.70. The number of aryl methyl sites for hydroxylation is 1. The molecule has 3 aromatic heterocycles. The number of pyridine rings is 1. The van der Waals surface area contributed by atoms with E-state index in [0.717, 1.165) is 5.56 Å². The Hall–Kier alpha value is -3.12. The molecule has 0 atom stereocenters. The van der Waals surface area contributed by atoms with Crippen LogP contribution in [0.25, 0.3) is 5.65 Å². The summed E-state index contributed by atoms with van der Waals surface area (Å²) in [5.41, 5.74) is 2.54. The van der Waals surface area contributed by atoms with Gasteiger partial charge in [-0.3, -0.25) is 9.20 Å². The molecule has 4 aromatic rings. The molecule has 0 aliphatic carbocycles. The first kappa shape index (κ1) is 21.1. The van der Waals surface area contributed by atoms with Gasteiger partial charge in [-0.1, -0.05) is 29.2 Å². The summed E-state index contributed by atoms with van der Waals surface area (Å²) in [6.07, 6.45) is -3.05. The molecular formula is C19H14F3N5O2S2. The van der Waals surface area contributed by atoms with Crippen molar-refractivity contribution in [3.05, 3.63) is 70.3 Å². The summed E-state index contributed by atoms with van der Waals surface area (Å²) >= 11 is 2.67. The Morgan fingerprint density at radius 3 is 2.71 bits per heavy atom.